The van der Waals surface area contributed by atoms with Crippen LogP contribution in [0.5, 0.6) is 5.75 Å². The van der Waals surface area contributed by atoms with Gasteiger partial charge in [0.25, 0.3) is 0 Å². The highest BCUT2D eigenvalue weighted by Gasteiger charge is 2.12. The Hall–Kier alpha value is -1.03. The molecule has 0 fully saturated rings. The normalized spacial score (nSPS) is 11.5. The summed E-state index contributed by atoms with van der Waals surface area (Å²) in [4.78, 5) is 0.281. The first-order valence-electron chi connectivity index (χ1n) is 4.58. The monoisotopic (exact) mass is 214 g/mol. The van der Waals surface area contributed by atoms with Gasteiger partial charge in [-0.15, -0.1) is 0 Å². The quantitative estimate of drug-likeness (QED) is 0.833. The topological polar surface area (TPSA) is 54.4 Å². The molecule has 0 aliphatic rings. The summed E-state index contributed by atoms with van der Waals surface area (Å²) < 4.78 is 23.2. The Morgan fingerprint density at radius 1 is 1.21 bits per heavy atom. The Morgan fingerprint density at radius 3 is 2.29 bits per heavy atom. The van der Waals surface area contributed by atoms with Crippen molar-refractivity contribution in [2.45, 2.75) is 24.7 Å². The molecule has 0 amide bonds. The van der Waals surface area contributed by atoms with Gasteiger partial charge >= 0.3 is 0 Å². The Morgan fingerprint density at radius 2 is 1.79 bits per heavy atom. The van der Waals surface area contributed by atoms with Crippen LogP contribution in [-0.4, -0.2) is 19.3 Å². The smallest absolute Gasteiger partial charge is 0.178 e. The van der Waals surface area contributed by atoms with Crippen LogP contribution in [0.3, 0.4) is 0 Å². The molecule has 3 nitrogen and oxygen atoms in total. The molecule has 1 aromatic carbocycles. The lowest BCUT2D eigenvalue weighted by molar-refractivity contribution is 0.475. The van der Waals surface area contributed by atoms with Gasteiger partial charge in [0.2, 0.25) is 0 Å². The van der Waals surface area contributed by atoms with Gasteiger partial charge in [-0.3, -0.25) is 0 Å². The van der Waals surface area contributed by atoms with Crippen LogP contribution in [0.15, 0.2) is 29.2 Å². The van der Waals surface area contributed by atoms with Gasteiger partial charge in [0.05, 0.1) is 10.6 Å². The first-order chi connectivity index (χ1) is 6.56. The van der Waals surface area contributed by atoms with Crippen molar-refractivity contribution in [2.75, 3.05) is 5.75 Å². The summed E-state index contributed by atoms with van der Waals surface area (Å²) in [7, 11) is -3.15. The van der Waals surface area contributed by atoms with E-state index >= 15 is 0 Å². The molecule has 1 aromatic rings. The highest BCUT2D eigenvalue weighted by Crippen LogP contribution is 2.16. The molecule has 0 aromatic heterocycles. The SMILES string of the molecule is CCCCS(=O)(=O)c1ccc(O)cc1. The Labute approximate surface area is 84.3 Å². The van der Waals surface area contributed by atoms with E-state index in [1.807, 2.05) is 6.92 Å². The van der Waals surface area contributed by atoms with Crippen LogP contribution >= 0.6 is 0 Å². The molecule has 1 N–H and O–H groups in total. The van der Waals surface area contributed by atoms with E-state index in [-0.39, 0.29) is 16.4 Å². The van der Waals surface area contributed by atoms with E-state index in [1.165, 1.54) is 24.3 Å². The molecule has 0 saturated heterocycles. The van der Waals surface area contributed by atoms with Crippen molar-refractivity contribution in [2.24, 2.45) is 0 Å². The molecule has 0 radical (unpaired) electrons. The lowest BCUT2D eigenvalue weighted by atomic mass is 10.3. The predicted molar refractivity (Wildman–Crippen MR) is 55.1 cm³/mol. The van der Waals surface area contributed by atoms with Crippen molar-refractivity contribution < 1.29 is 13.5 Å². The number of phenols is 1. The number of hydrogen-bond acceptors (Lipinski definition) is 3. The Bertz CT molecular complexity index is 378. The van der Waals surface area contributed by atoms with E-state index in [0.29, 0.717) is 6.42 Å². The van der Waals surface area contributed by atoms with Gasteiger partial charge in [0.1, 0.15) is 5.75 Å². The molecule has 0 heterocycles. The van der Waals surface area contributed by atoms with Crippen molar-refractivity contribution in [3.8, 4) is 5.75 Å². The molecule has 0 aliphatic carbocycles. The summed E-state index contributed by atoms with van der Waals surface area (Å²) >= 11 is 0. The fourth-order valence-corrected chi connectivity index (χ4v) is 2.56. The maximum absolute atomic E-state index is 11.6. The third kappa shape index (κ3) is 2.73. The van der Waals surface area contributed by atoms with E-state index in [9.17, 15) is 8.42 Å². The molecule has 0 bridgehead atoms. The zero-order valence-electron chi connectivity index (χ0n) is 8.10. The van der Waals surface area contributed by atoms with Crippen LogP contribution in [0, 0.1) is 0 Å². The minimum Gasteiger partial charge on any atom is -0.508 e. The van der Waals surface area contributed by atoms with E-state index in [4.69, 9.17) is 5.11 Å². The molecule has 0 atom stereocenters. The average Bonchev–Trinajstić information content (AvgIpc) is 2.16. The minimum atomic E-state index is -3.15. The zero-order chi connectivity index (χ0) is 10.6. The van der Waals surface area contributed by atoms with E-state index < -0.39 is 9.84 Å². The van der Waals surface area contributed by atoms with Gasteiger partial charge in [-0.25, -0.2) is 8.42 Å². The van der Waals surface area contributed by atoms with Crippen LogP contribution in [0.4, 0.5) is 0 Å². The zero-order valence-corrected chi connectivity index (χ0v) is 8.92. The number of unbranched alkanes of at least 4 members (excludes halogenated alkanes) is 1. The summed E-state index contributed by atoms with van der Waals surface area (Å²) in [5.41, 5.74) is 0. The number of rotatable bonds is 4. The molecule has 0 aliphatic heterocycles. The Balaban J connectivity index is 2.87. The molecular formula is C10H14O3S. The number of aromatic hydroxyl groups is 1. The van der Waals surface area contributed by atoms with Crippen LogP contribution in [-0.2, 0) is 9.84 Å². The van der Waals surface area contributed by atoms with E-state index in [0.717, 1.165) is 6.42 Å². The van der Waals surface area contributed by atoms with Gasteiger partial charge in [-0.2, -0.15) is 0 Å². The fourth-order valence-electron chi connectivity index (χ4n) is 1.11. The number of benzene rings is 1. The van der Waals surface area contributed by atoms with Crippen molar-refractivity contribution >= 4 is 9.84 Å². The van der Waals surface area contributed by atoms with Crippen LogP contribution in [0.2, 0.25) is 0 Å². The first-order valence-corrected chi connectivity index (χ1v) is 6.23. The molecule has 1 rings (SSSR count). The largest absolute Gasteiger partial charge is 0.508 e. The maximum Gasteiger partial charge on any atom is 0.178 e. The van der Waals surface area contributed by atoms with Crippen molar-refractivity contribution in [1.29, 1.82) is 0 Å². The fraction of sp³-hybridized carbons (Fsp3) is 0.400. The standard InChI is InChI=1S/C10H14O3S/c1-2-3-8-14(12,13)10-6-4-9(11)5-7-10/h4-7,11H,2-3,8H2,1H3. The van der Waals surface area contributed by atoms with Gasteiger partial charge in [-0.05, 0) is 30.7 Å². The van der Waals surface area contributed by atoms with E-state index in [2.05, 4.69) is 0 Å². The molecular weight excluding hydrogens is 200 g/mol. The second-order valence-electron chi connectivity index (χ2n) is 3.17. The lowest BCUT2D eigenvalue weighted by Gasteiger charge is -2.02. The third-order valence-electron chi connectivity index (χ3n) is 1.96. The summed E-state index contributed by atoms with van der Waals surface area (Å²) in [6, 6.07) is 5.64. The lowest BCUT2D eigenvalue weighted by Crippen LogP contribution is -2.06. The van der Waals surface area contributed by atoms with Crippen LogP contribution < -0.4 is 0 Å². The minimum absolute atomic E-state index is 0.0828. The predicted octanol–water partition coefficient (Wildman–Crippen LogP) is 1.97. The van der Waals surface area contributed by atoms with Crippen molar-refractivity contribution in [3.63, 3.8) is 0 Å². The molecule has 0 saturated carbocycles. The molecule has 0 spiro atoms. The summed E-state index contributed by atoms with van der Waals surface area (Å²) in [5, 5.41) is 9.00. The molecule has 14 heavy (non-hydrogen) atoms. The molecule has 4 heteroatoms. The Kier molecular flexibility index (Phi) is 3.52. The second kappa shape index (κ2) is 4.46. The first kappa shape index (κ1) is 11.0. The number of hydrogen-bond donors (Lipinski definition) is 1. The van der Waals surface area contributed by atoms with Gasteiger partial charge in [0.15, 0.2) is 9.84 Å². The highest BCUT2D eigenvalue weighted by atomic mass is 32.2. The molecule has 78 valence electrons. The van der Waals surface area contributed by atoms with Gasteiger partial charge in [-0.1, -0.05) is 13.3 Å². The van der Waals surface area contributed by atoms with Crippen LogP contribution in [0.1, 0.15) is 19.8 Å². The van der Waals surface area contributed by atoms with Crippen molar-refractivity contribution in [1.82, 2.24) is 0 Å². The maximum atomic E-state index is 11.6. The van der Waals surface area contributed by atoms with Gasteiger partial charge in [0, 0.05) is 0 Å². The average molecular weight is 214 g/mol. The molecule has 0 unspecified atom stereocenters. The summed E-state index contributed by atoms with van der Waals surface area (Å²) in [6.45, 7) is 1.95. The third-order valence-corrected chi connectivity index (χ3v) is 3.78. The second-order valence-corrected chi connectivity index (χ2v) is 5.28. The summed E-state index contributed by atoms with van der Waals surface area (Å²) in [5.74, 6) is 0.258. The number of sulfone groups is 1. The van der Waals surface area contributed by atoms with Crippen molar-refractivity contribution in [3.05, 3.63) is 24.3 Å². The summed E-state index contributed by atoms with van der Waals surface area (Å²) in [6.07, 6.45) is 1.53. The highest BCUT2D eigenvalue weighted by molar-refractivity contribution is 7.91. The van der Waals surface area contributed by atoms with Gasteiger partial charge < -0.3 is 5.11 Å². The number of phenolic OH excluding ortho intramolecular Hbond substituents is 1. The van der Waals surface area contributed by atoms with E-state index in [1.54, 1.807) is 0 Å². The van der Waals surface area contributed by atoms with Crippen LogP contribution in [0.25, 0.3) is 0 Å².